The van der Waals surface area contributed by atoms with E-state index in [4.69, 9.17) is 9.47 Å². The molecule has 0 aliphatic rings. The van der Waals surface area contributed by atoms with Crippen LogP contribution in [0, 0.1) is 0 Å². The van der Waals surface area contributed by atoms with Crippen molar-refractivity contribution in [2.24, 2.45) is 0 Å². The minimum absolute atomic E-state index is 0.237. The quantitative estimate of drug-likeness (QED) is 0.210. The number of unbranched alkanes of at least 4 members (excludes halogenated alkanes) is 4. The van der Waals surface area contributed by atoms with Crippen LogP contribution in [0.25, 0.3) is 0 Å². The minimum Gasteiger partial charge on any atom is -0.494 e. The number of halogens is 1. The fourth-order valence-electron chi connectivity index (χ4n) is 2.45. The molecule has 0 radical (unpaired) electrons. The summed E-state index contributed by atoms with van der Waals surface area (Å²) in [6, 6.07) is 11.7. The summed E-state index contributed by atoms with van der Waals surface area (Å²) in [5.74, 6) is 0.455. The van der Waals surface area contributed by atoms with E-state index in [1.807, 2.05) is 0 Å². The summed E-state index contributed by atoms with van der Waals surface area (Å²) < 4.78 is 11.8. The van der Waals surface area contributed by atoms with Crippen molar-refractivity contribution in [2.75, 3.05) is 6.61 Å². The molecule has 2 aromatic rings. The lowest BCUT2D eigenvalue weighted by Gasteiger charge is -2.09. The second-order valence-corrected chi connectivity index (χ2v) is 6.89. The summed E-state index contributed by atoms with van der Waals surface area (Å²) in [6.07, 6.45) is 6.59. The number of hydrogen-bond acceptors (Lipinski definition) is 4. The zero-order chi connectivity index (χ0) is 18.8. The predicted molar refractivity (Wildman–Crippen MR) is 105 cm³/mol. The van der Waals surface area contributed by atoms with Crippen LogP contribution in [-0.4, -0.2) is 18.9 Å². The molecule has 5 heteroatoms. The average molecular weight is 419 g/mol. The van der Waals surface area contributed by atoms with Crippen LogP contribution in [0.15, 0.2) is 46.9 Å². The van der Waals surface area contributed by atoms with Gasteiger partial charge in [0.15, 0.2) is 6.29 Å². The molecule has 0 unspecified atom stereocenters. The molecule has 0 aliphatic carbocycles. The third-order valence-corrected chi connectivity index (χ3v) is 4.40. The van der Waals surface area contributed by atoms with Crippen molar-refractivity contribution in [3.8, 4) is 11.5 Å². The van der Waals surface area contributed by atoms with Crippen LogP contribution in [0.4, 0.5) is 0 Å². The molecule has 0 saturated heterocycles. The van der Waals surface area contributed by atoms with Crippen LogP contribution in [0.1, 0.15) is 59.7 Å². The van der Waals surface area contributed by atoms with E-state index < -0.39 is 5.97 Å². The molecule has 0 spiro atoms. The molecule has 138 valence electrons. The van der Waals surface area contributed by atoms with Crippen LogP contribution in [-0.2, 0) is 0 Å². The van der Waals surface area contributed by atoms with Crippen molar-refractivity contribution >= 4 is 28.2 Å². The van der Waals surface area contributed by atoms with E-state index in [-0.39, 0.29) is 5.75 Å². The van der Waals surface area contributed by atoms with E-state index in [2.05, 4.69) is 22.9 Å². The Kier molecular flexibility index (Phi) is 8.35. The first-order valence-electron chi connectivity index (χ1n) is 8.84. The highest BCUT2D eigenvalue weighted by Crippen LogP contribution is 2.23. The summed E-state index contributed by atoms with van der Waals surface area (Å²) in [5, 5.41) is 0. The Morgan fingerprint density at radius 1 is 1.04 bits per heavy atom. The highest BCUT2D eigenvalue weighted by molar-refractivity contribution is 9.10. The summed E-state index contributed by atoms with van der Waals surface area (Å²) in [6.45, 7) is 2.87. The van der Waals surface area contributed by atoms with Crippen LogP contribution in [0.5, 0.6) is 11.5 Å². The summed E-state index contributed by atoms with van der Waals surface area (Å²) in [7, 11) is 0. The zero-order valence-corrected chi connectivity index (χ0v) is 16.5. The lowest BCUT2D eigenvalue weighted by molar-refractivity contribution is 0.0733. The Morgan fingerprint density at radius 2 is 1.77 bits per heavy atom. The molecule has 4 nitrogen and oxygen atoms in total. The molecule has 0 N–H and O–H groups in total. The molecule has 0 atom stereocenters. The Labute approximate surface area is 162 Å². The number of benzene rings is 2. The van der Waals surface area contributed by atoms with Gasteiger partial charge in [-0.15, -0.1) is 0 Å². The maximum atomic E-state index is 12.2. The van der Waals surface area contributed by atoms with Crippen LogP contribution in [0.2, 0.25) is 0 Å². The largest absolute Gasteiger partial charge is 0.494 e. The van der Waals surface area contributed by atoms with Gasteiger partial charge in [0.2, 0.25) is 0 Å². The highest BCUT2D eigenvalue weighted by Gasteiger charge is 2.12. The average Bonchev–Trinajstić information content (AvgIpc) is 2.66. The standard InChI is InChI=1S/C21H23BrO4/c1-2-3-4-5-6-13-25-19-10-7-16(8-11-19)21(24)26-20-12-9-18(22)14-17(20)15-23/h7-12,14-15H,2-6,13H2,1H3. The van der Waals surface area contributed by atoms with Gasteiger partial charge in [0.05, 0.1) is 17.7 Å². The van der Waals surface area contributed by atoms with Gasteiger partial charge in [0, 0.05) is 4.47 Å². The van der Waals surface area contributed by atoms with Crippen molar-refractivity contribution in [2.45, 2.75) is 39.0 Å². The summed E-state index contributed by atoms with van der Waals surface area (Å²) in [4.78, 5) is 23.3. The fraction of sp³-hybridized carbons (Fsp3) is 0.333. The van der Waals surface area contributed by atoms with Crippen molar-refractivity contribution in [3.63, 3.8) is 0 Å². The van der Waals surface area contributed by atoms with Gasteiger partial charge in [0.25, 0.3) is 0 Å². The fourth-order valence-corrected chi connectivity index (χ4v) is 2.82. The third-order valence-electron chi connectivity index (χ3n) is 3.91. The lowest BCUT2D eigenvalue weighted by Crippen LogP contribution is -2.09. The van der Waals surface area contributed by atoms with Gasteiger partial charge >= 0.3 is 5.97 Å². The smallest absolute Gasteiger partial charge is 0.343 e. The first-order valence-corrected chi connectivity index (χ1v) is 9.63. The third kappa shape index (κ3) is 6.30. The number of rotatable bonds is 10. The molecule has 0 bridgehead atoms. The molecule has 2 aromatic carbocycles. The van der Waals surface area contributed by atoms with Crippen LogP contribution < -0.4 is 9.47 Å². The number of hydrogen-bond donors (Lipinski definition) is 0. The Bertz CT molecular complexity index is 725. The first-order chi connectivity index (χ1) is 12.6. The van der Waals surface area contributed by atoms with E-state index in [1.165, 1.54) is 25.7 Å². The van der Waals surface area contributed by atoms with Gasteiger partial charge in [-0.25, -0.2) is 4.79 Å². The molecule has 0 aliphatic heterocycles. The number of esters is 1. The van der Waals surface area contributed by atoms with Crippen molar-refractivity contribution < 1.29 is 19.1 Å². The SMILES string of the molecule is CCCCCCCOc1ccc(C(=O)Oc2ccc(Br)cc2C=O)cc1. The molecule has 0 heterocycles. The molecule has 0 amide bonds. The number of ether oxygens (including phenoxy) is 2. The van der Waals surface area contributed by atoms with E-state index >= 15 is 0 Å². The molecular weight excluding hydrogens is 396 g/mol. The van der Waals surface area contributed by atoms with Crippen LogP contribution >= 0.6 is 15.9 Å². The normalized spacial score (nSPS) is 10.4. The topological polar surface area (TPSA) is 52.6 Å². The van der Waals surface area contributed by atoms with Crippen molar-refractivity contribution in [3.05, 3.63) is 58.1 Å². The van der Waals surface area contributed by atoms with Crippen molar-refractivity contribution in [1.29, 1.82) is 0 Å². The lowest BCUT2D eigenvalue weighted by atomic mass is 10.2. The minimum atomic E-state index is -0.512. The molecule has 0 fully saturated rings. The van der Waals surface area contributed by atoms with Gasteiger partial charge in [0.1, 0.15) is 11.5 Å². The molecule has 2 rings (SSSR count). The number of carbonyl (C=O) groups is 2. The van der Waals surface area contributed by atoms with Crippen molar-refractivity contribution in [1.82, 2.24) is 0 Å². The summed E-state index contributed by atoms with van der Waals surface area (Å²) in [5.41, 5.74) is 0.718. The highest BCUT2D eigenvalue weighted by atomic mass is 79.9. The van der Waals surface area contributed by atoms with Gasteiger partial charge < -0.3 is 9.47 Å². The number of carbonyl (C=O) groups excluding carboxylic acids is 2. The molecule has 0 aromatic heterocycles. The van der Waals surface area contributed by atoms with Gasteiger partial charge in [-0.1, -0.05) is 48.5 Å². The van der Waals surface area contributed by atoms with Gasteiger partial charge in [-0.2, -0.15) is 0 Å². The first kappa shape index (κ1) is 20.2. The molecular formula is C21H23BrO4. The maximum absolute atomic E-state index is 12.2. The predicted octanol–water partition coefficient (Wildman–Crippen LogP) is 5.83. The molecule has 26 heavy (non-hydrogen) atoms. The second-order valence-electron chi connectivity index (χ2n) is 5.98. The van der Waals surface area contributed by atoms with E-state index in [1.54, 1.807) is 42.5 Å². The van der Waals surface area contributed by atoms with Crippen LogP contribution in [0.3, 0.4) is 0 Å². The van der Waals surface area contributed by atoms with Gasteiger partial charge in [-0.3, -0.25) is 4.79 Å². The number of aldehydes is 1. The Hall–Kier alpha value is -2.14. The Morgan fingerprint density at radius 3 is 2.46 bits per heavy atom. The van der Waals surface area contributed by atoms with E-state index in [0.29, 0.717) is 24.0 Å². The second kappa shape index (κ2) is 10.8. The monoisotopic (exact) mass is 418 g/mol. The van der Waals surface area contributed by atoms with Gasteiger partial charge in [-0.05, 0) is 48.9 Å². The van der Waals surface area contributed by atoms with E-state index in [9.17, 15) is 9.59 Å². The van der Waals surface area contributed by atoms with E-state index in [0.717, 1.165) is 16.6 Å². The summed E-state index contributed by atoms with van der Waals surface area (Å²) >= 11 is 3.28. The zero-order valence-electron chi connectivity index (χ0n) is 14.9. The molecule has 0 saturated carbocycles. The Balaban J connectivity index is 1.87. The maximum Gasteiger partial charge on any atom is 0.343 e.